The van der Waals surface area contributed by atoms with Crippen molar-refractivity contribution in [1.82, 2.24) is 15.0 Å². The van der Waals surface area contributed by atoms with Gasteiger partial charge in [-0.3, -0.25) is 4.79 Å². The van der Waals surface area contributed by atoms with Gasteiger partial charge in [0.15, 0.2) is 5.13 Å². The van der Waals surface area contributed by atoms with Gasteiger partial charge >= 0.3 is 5.69 Å². The molecule has 21 heavy (non-hydrogen) atoms. The number of aryl methyl sites for hydroxylation is 2. The number of aromatic nitrogens is 3. The highest BCUT2D eigenvalue weighted by Crippen LogP contribution is 2.27. The van der Waals surface area contributed by atoms with E-state index in [0.717, 1.165) is 36.2 Å². The highest BCUT2D eigenvalue weighted by Gasteiger charge is 2.18. The first-order chi connectivity index (χ1) is 10.1. The molecular weight excluding hydrogens is 308 g/mol. The predicted molar refractivity (Wildman–Crippen MR) is 83.1 cm³/mol. The van der Waals surface area contributed by atoms with Crippen LogP contribution < -0.4 is 11.0 Å². The minimum Gasteiger partial charge on any atom is -0.309 e. The number of hydrogen-bond acceptors (Lipinski definition) is 6. The van der Waals surface area contributed by atoms with Gasteiger partial charge in [-0.05, 0) is 26.2 Å². The van der Waals surface area contributed by atoms with E-state index >= 15 is 0 Å². The second-order valence-corrected chi connectivity index (χ2v) is 6.61. The number of carbonyl (C=O) groups is 1. The van der Waals surface area contributed by atoms with Crippen LogP contribution in [0.25, 0.3) is 0 Å². The van der Waals surface area contributed by atoms with Crippen molar-refractivity contribution in [2.45, 2.75) is 31.2 Å². The van der Waals surface area contributed by atoms with Crippen molar-refractivity contribution in [3.8, 4) is 0 Å². The van der Waals surface area contributed by atoms with Crippen molar-refractivity contribution >= 4 is 34.1 Å². The summed E-state index contributed by atoms with van der Waals surface area (Å²) in [5.74, 6) is 0.0878. The first kappa shape index (κ1) is 14.3. The molecule has 0 saturated carbocycles. The Morgan fingerprint density at radius 2 is 2.33 bits per heavy atom. The molecule has 0 saturated heterocycles. The monoisotopic (exact) mass is 322 g/mol. The van der Waals surface area contributed by atoms with E-state index in [1.54, 1.807) is 0 Å². The standard InChI is InChI=1S/C13H14N4O2S2/c1-7-5-21-13(14-7)16-10(18)6-20-11-8-3-2-4-9(8)15-12(19)17-11/h5H,2-4,6H2,1H3,(H,14,16,18)(H,15,17,19). The smallest absolute Gasteiger partial charge is 0.309 e. The van der Waals surface area contributed by atoms with Crippen LogP contribution in [0, 0.1) is 6.92 Å². The maximum atomic E-state index is 11.9. The lowest BCUT2D eigenvalue weighted by Crippen LogP contribution is -2.17. The van der Waals surface area contributed by atoms with Crippen LogP contribution in [-0.4, -0.2) is 26.6 Å². The lowest BCUT2D eigenvalue weighted by atomic mass is 10.3. The first-order valence-corrected chi connectivity index (χ1v) is 8.45. The third kappa shape index (κ3) is 3.33. The fraction of sp³-hybridized carbons (Fsp3) is 0.385. The lowest BCUT2D eigenvalue weighted by Gasteiger charge is -2.06. The Hall–Kier alpha value is -1.67. The summed E-state index contributed by atoms with van der Waals surface area (Å²) in [5.41, 5.74) is 2.59. The Bertz CT molecular complexity index is 738. The second kappa shape index (κ2) is 5.98. The molecule has 1 aliphatic carbocycles. The number of amides is 1. The number of H-pyrrole nitrogens is 1. The predicted octanol–water partition coefficient (Wildman–Crippen LogP) is 1.75. The number of rotatable bonds is 4. The van der Waals surface area contributed by atoms with E-state index in [-0.39, 0.29) is 17.3 Å². The minimum absolute atomic E-state index is 0.136. The molecule has 2 aromatic heterocycles. The van der Waals surface area contributed by atoms with Gasteiger partial charge in [-0.25, -0.2) is 9.78 Å². The number of aromatic amines is 1. The van der Waals surface area contributed by atoms with Crippen molar-refractivity contribution < 1.29 is 4.79 Å². The van der Waals surface area contributed by atoms with Gasteiger partial charge in [-0.1, -0.05) is 11.8 Å². The molecule has 0 atom stereocenters. The molecule has 2 N–H and O–H groups in total. The minimum atomic E-state index is -0.339. The number of thiazole rings is 1. The van der Waals surface area contributed by atoms with Crippen molar-refractivity contribution in [3.05, 3.63) is 32.8 Å². The average Bonchev–Trinajstić information content (AvgIpc) is 3.04. The number of nitrogens with one attached hydrogen (secondary N) is 2. The molecule has 110 valence electrons. The summed E-state index contributed by atoms with van der Waals surface area (Å²) in [5, 5.41) is 5.91. The van der Waals surface area contributed by atoms with Gasteiger partial charge < -0.3 is 10.3 Å². The molecule has 8 heteroatoms. The highest BCUT2D eigenvalue weighted by molar-refractivity contribution is 8.00. The highest BCUT2D eigenvalue weighted by atomic mass is 32.2. The third-order valence-corrected chi connectivity index (χ3v) is 5.04. The molecule has 6 nitrogen and oxygen atoms in total. The van der Waals surface area contributed by atoms with E-state index in [2.05, 4.69) is 20.3 Å². The number of nitrogens with zero attached hydrogens (tertiary/aromatic N) is 2. The van der Waals surface area contributed by atoms with Crippen LogP contribution in [0.2, 0.25) is 0 Å². The van der Waals surface area contributed by atoms with E-state index < -0.39 is 0 Å². The van der Waals surface area contributed by atoms with E-state index in [1.165, 1.54) is 23.1 Å². The van der Waals surface area contributed by atoms with Crippen LogP contribution in [0.15, 0.2) is 15.2 Å². The summed E-state index contributed by atoms with van der Waals surface area (Å²) in [6.07, 6.45) is 2.81. The van der Waals surface area contributed by atoms with Gasteiger partial charge in [0, 0.05) is 16.6 Å². The molecule has 1 amide bonds. The summed E-state index contributed by atoms with van der Waals surface area (Å²) in [6, 6.07) is 0. The van der Waals surface area contributed by atoms with Crippen molar-refractivity contribution in [1.29, 1.82) is 0 Å². The number of hydrogen-bond donors (Lipinski definition) is 2. The number of fused-ring (bicyclic) bond motifs is 1. The molecule has 0 unspecified atom stereocenters. The zero-order valence-electron chi connectivity index (χ0n) is 11.4. The largest absolute Gasteiger partial charge is 0.346 e. The molecule has 0 aliphatic heterocycles. The number of carbonyl (C=O) groups excluding carboxylic acids is 1. The van der Waals surface area contributed by atoms with E-state index in [0.29, 0.717) is 10.2 Å². The van der Waals surface area contributed by atoms with Gasteiger partial charge in [0.25, 0.3) is 0 Å². The topological polar surface area (TPSA) is 87.7 Å². The van der Waals surface area contributed by atoms with Gasteiger partial charge in [0.1, 0.15) is 5.03 Å². The Morgan fingerprint density at radius 1 is 1.48 bits per heavy atom. The lowest BCUT2D eigenvalue weighted by molar-refractivity contribution is -0.113. The van der Waals surface area contributed by atoms with Crippen LogP contribution in [0.1, 0.15) is 23.4 Å². The molecule has 0 fully saturated rings. The SMILES string of the molecule is Cc1csc(NC(=O)CSc2nc(=O)[nH]c3c2CCC3)n1. The zero-order valence-corrected chi connectivity index (χ0v) is 13.1. The van der Waals surface area contributed by atoms with Crippen molar-refractivity contribution in [2.24, 2.45) is 0 Å². The molecular formula is C13H14N4O2S2. The molecule has 0 aromatic carbocycles. The maximum Gasteiger partial charge on any atom is 0.346 e. The quantitative estimate of drug-likeness (QED) is 0.661. The summed E-state index contributed by atoms with van der Waals surface area (Å²) in [6.45, 7) is 1.88. The van der Waals surface area contributed by atoms with Crippen LogP contribution >= 0.6 is 23.1 Å². The molecule has 2 heterocycles. The number of anilines is 1. The third-order valence-electron chi connectivity index (χ3n) is 3.14. The molecule has 3 rings (SSSR count). The summed E-state index contributed by atoms with van der Waals surface area (Å²) in [7, 11) is 0. The summed E-state index contributed by atoms with van der Waals surface area (Å²) >= 11 is 2.71. The van der Waals surface area contributed by atoms with Crippen LogP contribution in [0.4, 0.5) is 5.13 Å². The molecule has 0 spiro atoms. The van der Waals surface area contributed by atoms with Crippen molar-refractivity contribution in [2.75, 3.05) is 11.1 Å². The van der Waals surface area contributed by atoms with Crippen LogP contribution in [0.3, 0.4) is 0 Å². The Morgan fingerprint density at radius 3 is 3.10 bits per heavy atom. The maximum absolute atomic E-state index is 11.9. The average molecular weight is 322 g/mol. The first-order valence-electron chi connectivity index (χ1n) is 6.58. The molecule has 0 bridgehead atoms. The van der Waals surface area contributed by atoms with Crippen LogP contribution in [-0.2, 0) is 17.6 Å². The van der Waals surface area contributed by atoms with E-state index in [9.17, 15) is 9.59 Å². The second-order valence-electron chi connectivity index (χ2n) is 4.79. The molecule has 0 radical (unpaired) electrons. The van der Waals surface area contributed by atoms with Crippen molar-refractivity contribution in [3.63, 3.8) is 0 Å². The summed E-state index contributed by atoms with van der Waals surface area (Å²) < 4.78 is 0. The van der Waals surface area contributed by atoms with Gasteiger partial charge in [-0.15, -0.1) is 11.3 Å². The number of thioether (sulfide) groups is 1. The zero-order chi connectivity index (χ0) is 14.8. The normalized spacial score (nSPS) is 13.2. The molecule has 1 aliphatic rings. The van der Waals surface area contributed by atoms with Gasteiger partial charge in [-0.2, -0.15) is 4.98 Å². The molecule has 2 aromatic rings. The fourth-order valence-corrected chi connectivity index (χ4v) is 3.85. The van der Waals surface area contributed by atoms with Crippen LogP contribution in [0.5, 0.6) is 0 Å². The summed E-state index contributed by atoms with van der Waals surface area (Å²) in [4.78, 5) is 34.3. The van der Waals surface area contributed by atoms with E-state index in [1.807, 2.05) is 12.3 Å². The Kier molecular flexibility index (Phi) is 4.07. The fourth-order valence-electron chi connectivity index (χ4n) is 2.25. The van der Waals surface area contributed by atoms with Gasteiger partial charge in [0.05, 0.1) is 11.4 Å². The van der Waals surface area contributed by atoms with E-state index in [4.69, 9.17) is 0 Å². The van der Waals surface area contributed by atoms with Gasteiger partial charge in [0.2, 0.25) is 5.91 Å². The Labute approximate surface area is 129 Å². The Balaban J connectivity index is 1.65.